The molecular weight excluding hydrogens is 449 g/mol. The number of nitrogens with one attached hydrogen (secondary N) is 1. The SMILES string of the molecule is C=C(/C=C/I)C(C)(C)C1=CC(C)(C)C=CC=C1NCCCS(=O)(=O)O. The van der Waals surface area contributed by atoms with Crippen LogP contribution in [0.3, 0.4) is 0 Å². The highest BCUT2D eigenvalue weighted by Crippen LogP contribution is 2.41. The molecule has 0 aromatic carbocycles. The van der Waals surface area contributed by atoms with Crippen LogP contribution in [0.2, 0.25) is 0 Å². The van der Waals surface area contributed by atoms with Crippen LogP contribution in [0.1, 0.15) is 34.1 Å². The lowest BCUT2D eigenvalue weighted by Crippen LogP contribution is -2.27. The summed E-state index contributed by atoms with van der Waals surface area (Å²) in [4.78, 5) is 0. The zero-order valence-electron chi connectivity index (χ0n) is 15.3. The number of hydrogen-bond donors (Lipinski definition) is 2. The van der Waals surface area contributed by atoms with Gasteiger partial charge in [-0.25, -0.2) is 0 Å². The Morgan fingerprint density at radius 1 is 1.44 bits per heavy atom. The van der Waals surface area contributed by atoms with Crippen molar-refractivity contribution in [1.82, 2.24) is 5.32 Å². The first-order valence-corrected chi connectivity index (χ1v) is 11.0. The monoisotopic (exact) mass is 477 g/mol. The number of allylic oxidation sites excluding steroid dienone is 7. The van der Waals surface area contributed by atoms with Crippen molar-refractivity contribution < 1.29 is 13.0 Å². The molecule has 6 heteroatoms. The first kappa shape index (κ1) is 22.2. The molecule has 0 amide bonds. The minimum atomic E-state index is -3.93. The molecule has 0 unspecified atom stereocenters. The lowest BCUT2D eigenvalue weighted by Gasteiger charge is -2.33. The normalized spacial score (nSPS) is 17.8. The summed E-state index contributed by atoms with van der Waals surface area (Å²) in [6.45, 7) is 13.2. The van der Waals surface area contributed by atoms with Crippen molar-refractivity contribution in [3.8, 4) is 0 Å². The maximum absolute atomic E-state index is 10.9. The van der Waals surface area contributed by atoms with E-state index < -0.39 is 10.1 Å². The lowest BCUT2D eigenvalue weighted by molar-refractivity contribution is 0.480. The van der Waals surface area contributed by atoms with Gasteiger partial charge < -0.3 is 5.32 Å². The third-order valence-corrected chi connectivity index (χ3v) is 5.39. The van der Waals surface area contributed by atoms with Crippen LogP contribution in [0.5, 0.6) is 0 Å². The molecule has 1 rings (SSSR count). The molecule has 0 bridgehead atoms. The zero-order chi connectivity index (χ0) is 19.3. The molecule has 0 atom stereocenters. The summed E-state index contributed by atoms with van der Waals surface area (Å²) in [6, 6.07) is 0. The summed E-state index contributed by atoms with van der Waals surface area (Å²) in [6.07, 6.45) is 10.7. The Bertz CT molecular complexity index is 726. The molecule has 4 nitrogen and oxygen atoms in total. The van der Waals surface area contributed by atoms with Gasteiger partial charge in [0.1, 0.15) is 0 Å². The first-order valence-electron chi connectivity index (χ1n) is 8.17. The van der Waals surface area contributed by atoms with Crippen LogP contribution in [-0.4, -0.2) is 25.3 Å². The van der Waals surface area contributed by atoms with Crippen LogP contribution in [0.4, 0.5) is 0 Å². The van der Waals surface area contributed by atoms with Gasteiger partial charge in [-0.2, -0.15) is 8.42 Å². The van der Waals surface area contributed by atoms with Crippen molar-refractivity contribution in [2.24, 2.45) is 10.8 Å². The molecule has 1 aliphatic rings. The van der Waals surface area contributed by atoms with Crippen LogP contribution in [0.15, 0.2) is 57.9 Å². The zero-order valence-corrected chi connectivity index (χ0v) is 18.3. The molecule has 0 aromatic rings. The van der Waals surface area contributed by atoms with Crippen molar-refractivity contribution in [1.29, 1.82) is 0 Å². The summed E-state index contributed by atoms with van der Waals surface area (Å²) in [7, 11) is -3.93. The van der Waals surface area contributed by atoms with Gasteiger partial charge in [0.15, 0.2) is 0 Å². The van der Waals surface area contributed by atoms with E-state index in [0.29, 0.717) is 13.0 Å². The van der Waals surface area contributed by atoms with Crippen molar-refractivity contribution in [3.63, 3.8) is 0 Å². The van der Waals surface area contributed by atoms with Gasteiger partial charge in [0.2, 0.25) is 0 Å². The third kappa shape index (κ3) is 7.11. The third-order valence-electron chi connectivity index (χ3n) is 4.23. The van der Waals surface area contributed by atoms with Gasteiger partial charge in [-0.3, -0.25) is 4.55 Å². The average Bonchev–Trinajstić information content (AvgIpc) is 2.61. The summed E-state index contributed by atoms with van der Waals surface area (Å²) in [5, 5.41) is 3.32. The standard InChI is InChI=1S/C19H28INO3S/c1-15(9-11-20)19(4,5)16-14-18(2,3)10-6-8-17(16)21-12-7-13-25(22,23)24/h6,8-11,14,21H,1,7,12-13H2,2-5H3,(H,22,23,24)/b11-9+. The highest BCUT2D eigenvalue weighted by atomic mass is 127. The van der Waals surface area contributed by atoms with E-state index in [1.54, 1.807) is 0 Å². The summed E-state index contributed by atoms with van der Waals surface area (Å²) in [5.74, 6) is -0.249. The molecule has 0 saturated heterocycles. The van der Waals surface area contributed by atoms with Gasteiger partial charge in [0.05, 0.1) is 5.75 Å². The molecule has 0 fully saturated rings. The highest BCUT2D eigenvalue weighted by molar-refractivity contribution is 14.1. The average molecular weight is 477 g/mol. The predicted molar refractivity (Wildman–Crippen MR) is 114 cm³/mol. The van der Waals surface area contributed by atoms with Crippen LogP contribution in [-0.2, 0) is 10.1 Å². The molecule has 0 saturated carbocycles. The fraction of sp³-hybridized carbons (Fsp3) is 0.474. The number of rotatable bonds is 8. The second-order valence-corrected chi connectivity index (χ2v) is 9.62. The van der Waals surface area contributed by atoms with Crippen LogP contribution >= 0.6 is 22.6 Å². The smallest absolute Gasteiger partial charge is 0.264 e. The van der Waals surface area contributed by atoms with Crippen LogP contribution in [0, 0.1) is 10.8 Å². The highest BCUT2D eigenvalue weighted by Gasteiger charge is 2.30. The summed E-state index contributed by atoms with van der Waals surface area (Å²) in [5.41, 5.74) is 2.68. The summed E-state index contributed by atoms with van der Waals surface area (Å²) < 4.78 is 32.6. The van der Waals surface area contributed by atoms with Gasteiger partial charge in [0.25, 0.3) is 10.1 Å². The van der Waals surface area contributed by atoms with E-state index in [2.05, 4.69) is 74.3 Å². The van der Waals surface area contributed by atoms with E-state index in [0.717, 1.165) is 16.8 Å². The largest absolute Gasteiger partial charge is 0.385 e. The Morgan fingerprint density at radius 3 is 2.64 bits per heavy atom. The molecule has 1 aliphatic carbocycles. The molecule has 2 N–H and O–H groups in total. The fourth-order valence-corrected chi connectivity index (χ4v) is 3.53. The molecule has 0 spiro atoms. The molecule has 25 heavy (non-hydrogen) atoms. The number of halogens is 1. The summed E-state index contributed by atoms with van der Waals surface area (Å²) >= 11 is 2.18. The fourth-order valence-electron chi connectivity index (χ4n) is 2.59. The number of hydrogen-bond acceptors (Lipinski definition) is 3. The molecular formula is C19H28INO3S. The lowest BCUT2D eigenvalue weighted by atomic mass is 9.74. The van der Waals surface area contributed by atoms with Gasteiger partial charge in [-0.1, -0.05) is 81.2 Å². The molecule has 0 heterocycles. The molecule has 0 aliphatic heterocycles. The Labute approximate surface area is 165 Å². The van der Waals surface area contributed by atoms with Crippen LogP contribution < -0.4 is 5.32 Å². The Hall–Kier alpha value is -0.860. The van der Waals surface area contributed by atoms with E-state index >= 15 is 0 Å². The van der Waals surface area contributed by atoms with Crippen molar-refractivity contribution >= 4 is 32.7 Å². The van der Waals surface area contributed by atoms with E-state index in [4.69, 9.17) is 4.55 Å². The van der Waals surface area contributed by atoms with Crippen LogP contribution in [0.25, 0.3) is 0 Å². The second kappa shape index (κ2) is 8.68. The predicted octanol–water partition coefficient (Wildman–Crippen LogP) is 4.79. The minimum absolute atomic E-state index is 0.102. The minimum Gasteiger partial charge on any atom is -0.385 e. The first-order chi connectivity index (χ1) is 11.4. The van der Waals surface area contributed by atoms with Crippen molar-refractivity contribution in [3.05, 3.63) is 57.9 Å². The maximum Gasteiger partial charge on any atom is 0.264 e. The quantitative estimate of drug-likeness (QED) is 0.228. The van der Waals surface area contributed by atoms with Crippen molar-refractivity contribution in [2.75, 3.05) is 12.3 Å². The molecule has 0 radical (unpaired) electrons. The molecule has 0 aromatic heterocycles. The molecule has 140 valence electrons. The Kier molecular flexibility index (Phi) is 7.71. The van der Waals surface area contributed by atoms with Gasteiger partial charge in [0, 0.05) is 23.1 Å². The second-order valence-electron chi connectivity index (χ2n) is 7.33. The Morgan fingerprint density at radius 2 is 2.08 bits per heavy atom. The van der Waals surface area contributed by atoms with Gasteiger partial charge in [-0.15, -0.1) is 0 Å². The van der Waals surface area contributed by atoms with E-state index in [1.165, 1.54) is 0 Å². The van der Waals surface area contributed by atoms with E-state index in [1.807, 2.05) is 22.3 Å². The Balaban J connectivity index is 3.09. The topological polar surface area (TPSA) is 66.4 Å². The van der Waals surface area contributed by atoms with Gasteiger partial charge >= 0.3 is 0 Å². The van der Waals surface area contributed by atoms with Crippen molar-refractivity contribution in [2.45, 2.75) is 34.1 Å². The van der Waals surface area contributed by atoms with Gasteiger partial charge in [-0.05, 0) is 27.7 Å². The van der Waals surface area contributed by atoms with E-state index in [9.17, 15) is 8.42 Å². The maximum atomic E-state index is 10.9. The van der Waals surface area contributed by atoms with E-state index in [-0.39, 0.29) is 16.6 Å².